The van der Waals surface area contributed by atoms with Crippen LogP contribution in [0.4, 0.5) is 0 Å². The number of rotatable bonds is 7. The fourth-order valence-corrected chi connectivity index (χ4v) is 4.96. The van der Waals surface area contributed by atoms with Crippen molar-refractivity contribution in [1.29, 1.82) is 0 Å². The van der Waals surface area contributed by atoms with Crippen molar-refractivity contribution in [3.05, 3.63) is 58.7 Å². The number of methoxy groups -OCH3 is 1. The van der Waals surface area contributed by atoms with Gasteiger partial charge >= 0.3 is 5.97 Å². The van der Waals surface area contributed by atoms with E-state index < -0.39 is 42.1 Å². The second-order valence-corrected chi connectivity index (χ2v) is 9.42. The summed E-state index contributed by atoms with van der Waals surface area (Å²) in [7, 11) is 1.51. The van der Waals surface area contributed by atoms with Gasteiger partial charge in [0.25, 0.3) is 23.6 Å². The zero-order valence-corrected chi connectivity index (χ0v) is 21.8. The van der Waals surface area contributed by atoms with Gasteiger partial charge in [-0.05, 0) is 61.9 Å². The smallest absolute Gasteiger partial charge is 0.330 e. The van der Waals surface area contributed by atoms with Gasteiger partial charge in [0.15, 0.2) is 11.5 Å². The van der Waals surface area contributed by atoms with Crippen molar-refractivity contribution in [3.8, 4) is 11.5 Å². The Kier molecular flexibility index (Phi) is 7.80. The second kappa shape index (κ2) is 11.0. The van der Waals surface area contributed by atoms with Crippen LogP contribution in [-0.2, 0) is 19.2 Å². The molecule has 0 bridgehead atoms. The van der Waals surface area contributed by atoms with Crippen LogP contribution in [0.3, 0.4) is 0 Å². The van der Waals surface area contributed by atoms with Crippen LogP contribution in [-0.4, -0.2) is 52.8 Å². The van der Waals surface area contributed by atoms with Gasteiger partial charge in [-0.2, -0.15) is 0 Å². The van der Waals surface area contributed by atoms with E-state index in [0.29, 0.717) is 27.7 Å². The molecule has 2 aromatic carbocycles. The van der Waals surface area contributed by atoms with E-state index in [4.69, 9.17) is 14.3 Å². The van der Waals surface area contributed by atoms with Crippen molar-refractivity contribution in [2.45, 2.75) is 65.0 Å². The van der Waals surface area contributed by atoms with Crippen molar-refractivity contribution in [1.82, 2.24) is 9.96 Å². The lowest BCUT2D eigenvalue weighted by molar-refractivity contribution is -0.200. The van der Waals surface area contributed by atoms with Crippen molar-refractivity contribution in [2.75, 3.05) is 7.11 Å². The molecular formula is C28H30N2O8. The first-order valence-corrected chi connectivity index (χ1v) is 12.5. The minimum absolute atomic E-state index is 0.00152. The molecule has 0 unspecified atom stereocenters. The summed E-state index contributed by atoms with van der Waals surface area (Å²) in [6.45, 7) is 3.86. The fourth-order valence-electron chi connectivity index (χ4n) is 4.96. The molecule has 200 valence electrons. The average Bonchev–Trinajstić information content (AvgIpc) is 3.47. The summed E-state index contributed by atoms with van der Waals surface area (Å²) in [6.07, 6.45) is 3.38. The van der Waals surface area contributed by atoms with Crippen LogP contribution >= 0.6 is 0 Å². The van der Waals surface area contributed by atoms with Gasteiger partial charge in [-0.15, -0.1) is 5.06 Å². The van der Waals surface area contributed by atoms with Crippen LogP contribution in [0.2, 0.25) is 0 Å². The summed E-state index contributed by atoms with van der Waals surface area (Å²) in [5.74, 6) is -2.81. The van der Waals surface area contributed by atoms with E-state index in [1.165, 1.54) is 7.11 Å². The molecule has 10 heteroatoms. The SMILES string of the molecule is COc1ccc([C@H](CC(=O)N(OC(C)=O)C(C)=O)N2C(=O)c3cccc(C)c3C2=O)cc1OC1CCCC1. The van der Waals surface area contributed by atoms with Crippen LogP contribution in [0, 0.1) is 6.92 Å². The van der Waals surface area contributed by atoms with Crippen molar-refractivity contribution < 1.29 is 38.3 Å². The molecule has 38 heavy (non-hydrogen) atoms. The molecule has 1 fully saturated rings. The van der Waals surface area contributed by atoms with Crippen molar-refractivity contribution in [3.63, 3.8) is 0 Å². The molecule has 0 saturated heterocycles. The highest BCUT2D eigenvalue weighted by atomic mass is 16.7. The molecule has 4 rings (SSSR count). The van der Waals surface area contributed by atoms with E-state index >= 15 is 0 Å². The van der Waals surface area contributed by atoms with Crippen LogP contribution in [0.1, 0.15) is 83.8 Å². The van der Waals surface area contributed by atoms with E-state index in [1.807, 2.05) is 0 Å². The molecule has 2 aromatic rings. The number of ether oxygens (including phenoxy) is 2. The third kappa shape index (κ3) is 5.25. The first kappa shape index (κ1) is 26.8. The summed E-state index contributed by atoms with van der Waals surface area (Å²) in [6, 6.07) is 8.78. The Hall–Kier alpha value is -4.21. The molecule has 1 heterocycles. The topological polar surface area (TPSA) is 120 Å². The molecule has 2 aliphatic rings. The second-order valence-electron chi connectivity index (χ2n) is 9.42. The predicted octanol–water partition coefficient (Wildman–Crippen LogP) is 3.91. The molecule has 0 aromatic heterocycles. The minimum Gasteiger partial charge on any atom is -0.493 e. The Morgan fingerprint density at radius 1 is 1.03 bits per heavy atom. The lowest BCUT2D eigenvalue weighted by Gasteiger charge is -2.28. The Bertz CT molecular complexity index is 1300. The van der Waals surface area contributed by atoms with Gasteiger partial charge in [0.1, 0.15) is 0 Å². The van der Waals surface area contributed by atoms with Crippen LogP contribution in [0.5, 0.6) is 11.5 Å². The zero-order valence-electron chi connectivity index (χ0n) is 21.8. The molecule has 4 amide bonds. The summed E-state index contributed by atoms with van der Waals surface area (Å²) in [5, 5.41) is 0.345. The number of amides is 4. The highest BCUT2D eigenvalue weighted by molar-refractivity contribution is 6.22. The first-order chi connectivity index (χ1) is 18.1. The number of imide groups is 2. The third-order valence-electron chi connectivity index (χ3n) is 6.73. The number of hydrogen-bond acceptors (Lipinski definition) is 8. The zero-order chi connectivity index (χ0) is 27.6. The normalized spacial score (nSPS) is 15.7. The van der Waals surface area contributed by atoms with E-state index in [0.717, 1.165) is 44.4 Å². The lowest BCUT2D eigenvalue weighted by Crippen LogP contribution is -2.41. The number of nitrogens with zero attached hydrogens (tertiary/aromatic N) is 2. The predicted molar refractivity (Wildman–Crippen MR) is 134 cm³/mol. The third-order valence-corrected chi connectivity index (χ3v) is 6.73. The van der Waals surface area contributed by atoms with Gasteiger partial charge in [0, 0.05) is 13.8 Å². The summed E-state index contributed by atoms with van der Waals surface area (Å²) in [4.78, 5) is 69.7. The van der Waals surface area contributed by atoms with E-state index in [9.17, 15) is 24.0 Å². The number of hydrogen-bond donors (Lipinski definition) is 0. The number of aryl methyl sites for hydroxylation is 1. The molecular weight excluding hydrogens is 492 g/mol. The molecule has 0 spiro atoms. The van der Waals surface area contributed by atoms with Crippen LogP contribution in [0.15, 0.2) is 36.4 Å². The number of carbonyl (C=O) groups is 5. The Balaban J connectivity index is 1.77. The summed E-state index contributed by atoms with van der Waals surface area (Å²) in [5.41, 5.74) is 1.53. The Labute approximate surface area is 220 Å². The van der Waals surface area contributed by atoms with E-state index in [2.05, 4.69) is 0 Å². The van der Waals surface area contributed by atoms with Gasteiger partial charge in [0.05, 0.1) is 36.8 Å². The monoisotopic (exact) mass is 522 g/mol. The van der Waals surface area contributed by atoms with E-state index in [1.54, 1.807) is 43.3 Å². The molecule has 0 radical (unpaired) electrons. The van der Waals surface area contributed by atoms with Gasteiger partial charge in [-0.3, -0.25) is 24.1 Å². The number of carbonyl (C=O) groups excluding carboxylic acids is 5. The molecule has 1 aliphatic heterocycles. The molecule has 1 aliphatic carbocycles. The highest BCUT2D eigenvalue weighted by Gasteiger charge is 2.43. The first-order valence-electron chi connectivity index (χ1n) is 12.5. The van der Waals surface area contributed by atoms with Crippen molar-refractivity contribution in [2.24, 2.45) is 0 Å². The van der Waals surface area contributed by atoms with E-state index in [-0.39, 0.29) is 17.2 Å². The largest absolute Gasteiger partial charge is 0.493 e. The maximum Gasteiger partial charge on any atom is 0.330 e. The average molecular weight is 523 g/mol. The number of benzene rings is 2. The van der Waals surface area contributed by atoms with Gasteiger partial charge in [-0.25, -0.2) is 4.79 Å². The molecule has 10 nitrogen and oxygen atoms in total. The molecule has 0 N–H and O–H groups in total. The van der Waals surface area contributed by atoms with Crippen LogP contribution in [0.25, 0.3) is 0 Å². The standard InChI is InChI=1S/C28H30N2O8/c1-16-8-7-11-21-26(16)28(35)29(27(21)34)22(15-25(33)30(17(2)31)38-18(3)32)19-12-13-23(36-4)24(14-19)37-20-9-5-6-10-20/h7-8,11-14,20,22H,5-6,9-10,15H2,1-4H3/t22-/m0/s1. The number of hydroxylamine groups is 2. The van der Waals surface area contributed by atoms with Crippen molar-refractivity contribution >= 4 is 29.6 Å². The molecule has 1 saturated carbocycles. The van der Waals surface area contributed by atoms with Gasteiger partial charge < -0.3 is 14.3 Å². The maximum atomic E-state index is 13.6. The molecule has 1 atom stereocenters. The summed E-state index contributed by atoms with van der Waals surface area (Å²) >= 11 is 0. The quantitative estimate of drug-likeness (QED) is 0.397. The Morgan fingerprint density at radius 3 is 2.34 bits per heavy atom. The number of fused-ring (bicyclic) bond motifs is 1. The van der Waals surface area contributed by atoms with Gasteiger partial charge in [-0.1, -0.05) is 18.2 Å². The minimum atomic E-state index is -1.12. The lowest BCUT2D eigenvalue weighted by atomic mass is 10.00. The summed E-state index contributed by atoms with van der Waals surface area (Å²) < 4.78 is 11.7. The highest BCUT2D eigenvalue weighted by Crippen LogP contribution is 2.39. The maximum absolute atomic E-state index is 13.6. The fraction of sp³-hybridized carbons (Fsp3) is 0.393. The Morgan fingerprint density at radius 2 is 1.74 bits per heavy atom. The van der Waals surface area contributed by atoms with Gasteiger partial charge in [0.2, 0.25) is 0 Å². The van der Waals surface area contributed by atoms with Crippen LogP contribution < -0.4 is 9.47 Å².